The monoisotopic (exact) mass is 270 g/mol. The predicted octanol–water partition coefficient (Wildman–Crippen LogP) is 4.13. The summed E-state index contributed by atoms with van der Waals surface area (Å²) in [5.74, 6) is 0. The van der Waals surface area contributed by atoms with Crippen LogP contribution in [0.25, 0.3) is 0 Å². The molecule has 4 heteroatoms. The molecular weight excluding hydrogens is 252 g/mol. The number of benzene rings is 2. The maximum Gasteiger partial charge on any atom is 0.292 e. The number of nitro groups is 1. The van der Waals surface area contributed by atoms with Gasteiger partial charge >= 0.3 is 0 Å². The minimum absolute atomic E-state index is 0.122. The summed E-state index contributed by atoms with van der Waals surface area (Å²) >= 11 is 0. The molecule has 0 aliphatic heterocycles. The number of nitrogens with zero attached hydrogens (tertiary/aromatic N) is 1. The van der Waals surface area contributed by atoms with E-state index in [1.807, 2.05) is 45.0 Å². The number of hydrogen-bond acceptors (Lipinski definition) is 3. The average Bonchev–Trinajstić information content (AvgIpc) is 2.39. The zero-order chi connectivity index (χ0) is 14.7. The molecule has 0 saturated heterocycles. The summed E-state index contributed by atoms with van der Waals surface area (Å²) in [4.78, 5) is 10.7. The van der Waals surface area contributed by atoms with Crippen molar-refractivity contribution in [2.75, 3.05) is 5.32 Å². The minimum Gasteiger partial charge on any atom is -0.375 e. The Labute approximate surface area is 118 Å². The first-order chi connectivity index (χ1) is 9.49. The molecule has 1 N–H and O–H groups in total. The highest BCUT2D eigenvalue weighted by Gasteiger charge is 2.13. The van der Waals surface area contributed by atoms with E-state index in [1.165, 1.54) is 16.7 Å². The molecule has 0 fully saturated rings. The van der Waals surface area contributed by atoms with E-state index in [1.54, 1.807) is 12.1 Å². The summed E-state index contributed by atoms with van der Waals surface area (Å²) in [6.45, 7) is 6.53. The summed E-state index contributed by atoms with van der Waals surface area (Å²) in [7, 11) is 0. The molecular formula is C16H18N2O2. The second-order valence-electron chi connectivity index (χ2n) is 5.00. The number of nitro benzene ring substituents is 1. The lowest BCUT2D eigenvalue weighted by molar-refractivity contribution is -0.384. The Morgan fingerprint density at radius 3 is 2.35 bits per heavy atom. The highest BCUT2D eigenvalue weighted by atomic mass is 16.6. The van der Waals surface area contributed by atoms with Crippen LogP contribution in [-0.2, 0) is 6.54 Å². The average molecular weight is 270 g/mol. The van der Waals surface area contributed by atoms with E-state index in [2.05, 4.69) is 5.32 Å². The van der Waals surface area contributed by atoms with Crippen molar-refractivity contribution in [2.45, 2.75) is 27.3 Å². The van der Waals surface area contributed by atoms with Gasteiger partial charge in [0, 0.05) is 12.6 Å². The van der Waals surface area contributed by atoms with Gasteiger partial charge in [0.15, 0.2) is 0 Å². The molecule has 0 unspecified atom stereocenters. The van der Waals surface area contributed by atoms with Gasteiger partial charge in [-0.3, -0.25) is 10.1 Å². The molecule has 0 aliphatic carbocycles. The summed E-state index contributed by atoms with van der Waals surface area (Å²) in [5.41, 5.74) is 5.12. The van der Waals surface area contributed by atoms with Crippen molar-refractivity contribution in [3.8, 4) is 0 Å². The maximum absolute atomic E-state index is 11.1. The van der Waals surface area contributed by atoms with Crippen LogP contribution in [0.3, 0.4) is 0 Å². The largest absolute Gasteiger partial charge is 0.375 e. The molecule has 2 aromatic carbocycles. The van der Waals surface area contributed by atoms with E-state index in [-0.39, 0.29) is 10.6 Å². The fourth-order valence-corrected chi connectivity index (χ4v) is 2.25. The molecule has 0 aromatic heterocycles. The lowest BCUT2D eigenvalue weighted by Gasteiger charge is -2.12. The highest BCUT2D eigenvalue weighted by Crippen LogP contribution is 2.26. The number of aryl methyl sites for hydroxylation is 3. The zero-order valence-corrected chi connectivity index (χ0v) is 11.9. The van der Waals surface area contributed by atoms with Crippen LogP contribution in [0.1, 0.15) is 22.3 Å². The Morgan fingerprint density at radius 1 is 1.10 bits per heavy atom. The van der Waals surface area contributed by atoms with Crippen molar-refractivity contribution < 1.29 is 4.92 Å². The number of hydrogen-bond donors (Lipinski definition) is 1. The van der Waals surface area contributed by atoms with Gasteiger partial charge in [0.05, 0.1) is 4.92 Å². The number of anilines is 1. The third-order valence-corrected chi connectivity index (χ3v) is 3.45. The molecule has 104 valence electrons. The van der Waals surface area contributed by atoms with Gasteiger partial charge in [0.2, 0.25) is 0 Å². The Kier molecular flexibility index (Phi) is 4.03. The molecule has 2 aromatic rings. The first-order valence-corrected chi connectivity index (χ1v) is 6.53. The van der Waals surface area contributed by atoms with Crippen LogP contribution >= 0.6 is 0 Å². The topological polar surface area (TPSA) is 55.2 Å². The maximum atomic E-state index is 11.1. The molecule has 2 rings (SSSR count). The van der Waals surface area contributed by atoms with E-state index in [0.29, 0.717) is 12.2 Å². The van der Waals surface area contributed by atoms with E-state index in [0.717, 1.165) is 5.56 Å². The van der Waals surface area contributed by atoms with Crippen LogP contribution in [0.4, 0.5) is 11.4 Å². The van der Waals surface area contributed by atoms with Gasteiger partial charge < -0.3 is 5.32 Å². The second-order valence-corrected chi connectivity index (χ2v) is 5.00. The molecule has 0 spiro atoms. The molecule has 0 radical (unpaired) electrons. The SMILES string of the molecule is Cc1ccc(NCc2c(C)cccc2C)c([N+](=O)[O-])c1. The van der Waals surface area contributed by atoms with Gasteiger partial charge in [-0.15, -0.1) is 0 Å². The standard InChI is InChI=1S/C16H18N2O2/c1-11-7-8-15(16(9-11)18(19)20)17-10-14-12(2)5-4-6-13(14)3/h4-9,17H,10H2,1-3H3. The van der Waals surface area contributed by atoms with Crippen LogP contribution in [0, 0.1) is 30.9 Å². The summed E-state index contributed by atoms with van der Waals surface area (Å²) in [5, 5.41) is 14.3. The molecule has 0 atom stereocenters. The number of rotatable bonds is 4. The molecule has 0 amide bonds. The Balaban J connectivity index is 2.25. The van der Waals surface area contributed by atoms with Crippen molar-refractivity contribution >= 4 is 11.4 Å². The molecule has 20 heavy (non-hydrogen) atoms. The number of nitrogens with one attached hydrogen (secondary N) is 1. The van der Waals surface area contributed by atoms with Gasteiger partial charge in [0.1, 0.15) is 5.69 Å². The Morgan fingerprint density at radius 2 is 1.75 bits per heavy atom. The Bertz CT molecular complexity index is 631. The van der Waals surface area contributed by atoms with Gasteiger partial charge in [-0.25, -0.2) is 0 Å². The molecule has 0 saturated carbocycles. The van der Waals surface area contributed by atoms with Crippen LogP contribution in [0.5, 0.6) is 0 Å². The fourth-order valence-electron chi connectivity index (χ4n) is 2.25. The van der Waals surface area contributed by atoms with Crippen molar-refractivity contribution in [1.82, 2.24) is 0 Å². The van der Waals surface area contributed by atoms with E-state index in [4.69, 9.17) is 0 Å². The highest BCUT2D eigenvalue weighted by molar-refractivity contribution is 5.62. The third-order valence-electron chi connectivity index (χ3n) is 3.45. The quantitative estimate of drug-likeness (QED) is 0.671. The molecule has 0 bridgehead atoms. The molecule has 4 nitrogen and oxygen atoms in total. The normalized spacial score (nSPS) is 10.3. The predicted molar refractivity (Wildman–Crippen MR) is 81.1 cm³/mol. The lowest BCUT2D eigenvalue weighted by Crippen LogP contribution is -2.05. The van der Waals surface area contributed by atoms with Crippen molar-refractivity contribution in [2.24, 2.45) is 0 Å². The van der Waals surface area contributed by atoms with Gasteiger partial charge in [0.25, 0.3) is 5.69 Å². The molecule has 0 heterocycles. The Hall–Kier alpha value is -2.36. The molecule has 0 aliphatic rings. The zero-order valence-electron chi connectivity index (χ0n) is 11.9. The van der Waals surface area contributed by atoms with Gasteiger partial charge in [-0.05, 0) is 49.1 Å². The lowest BCUT2D eigenvalue weighted by atomic mass is 10.0. The first-order valence-electron chi connectivity index (χ1n) is 6.53. The fraction of sp³-hybridized carbons (Fsp3) is 0.250. The van der Waals surface area contributed by atoms with Gasteiger partial charge in [-0.1, -0.05) is 24.3 Å². The summed E-state index contributed by atoms with van der Waals surface area (Å²) in [6.07, 6.45) is 0. The van der Waals surface area contributed by atoms with Crippen LogP contribution in [-0.4, -0.2) is 4.92 Å². The van der Waals surface area contributed by atoms with Crippen LogP contribution in [0.2, 0.25) is 0 Å². The van der Waals surface area contributed by atoms with E-state index >= 15 is 0 Å². The smallest absolute Gasteiger partial charge is 0.292 e. The van der Waals surface area contributed by atoms with Gasteiger partial charge in [-0.2, -0.15) is 0 Å². The van der Waals surface area contributed by atoms with Crippen LogP contribution in [0.15, 0.2) is 36.4 Å². The third kappa shape index (κ3) is 2.96. The first kappa shape index (κ1) is 14.1. The van der Waals surface area contributed by atoms with Crippen molar-refractivity contribution in [3.63, 3.8) is 0 Å². The second kappa shape index (κ2) is 5.74. The minimum atomic E-state index is -0.347. The van der Waals surface area contributed by atoms with E-state index < -0.39 is 0 Å². The summed E-state index contributed by atoms with van der Waals surface area (Å²) < 4.78 is 0. The van der Waals surface area contributed by atoms with Crippen LogP contribution < -0.4 is 5.32 Å². The van der Waals surface area contributed by atoms with E-state index in [9.17, 15) is 10.1 Å². The summed E-state index contributed by atoms with van der Waals surface area (Å²) in [6, 6.07) is 11.3. The van der Waals surface area contributed by atoms with Crippen molar-refractivity contribution in [3.05, 3.63) is 68.8 Å². The van der Waals surface area contributed by atoms with Crippen molar-refractivity contribution in [1.29, 1.82) is 0 Å².